The highest BCUT2D eigenvalue weighted by atomic mass is 16.1. The first-order valence-electron chi connectivity index (χ1n) is 10.3. The molecule has 2 aromatic heterocycles. The summed E-state index contributed by atoms with van der Waals surface area (Å²) in [4.78, 5) is 20.7. The fraction of sp³-hybridized carbons (Fsp3) is 0.435. The highest BCUT2D eigenvalue weighted by Gasteiger charge is 2.00. The van der Waals surface area contributed by atoms with Gasteiger partial charge in [-0.05, 0) is 37.1 Å². The Morgan fingerprint density at radius 1 is 0.821 bits per heavy atom. The Morgan fingerprint density at radius 3 is 1.96 bits per heavy atom. The Labute approximate surface area is 168 Å². The number of imidazole rings is 2. The molecule has 5 nitrogen and oxygen atoms in total. The molecule has 0 saturated carbocycles. The summed E-state index contributed by atoms with van der Waals surface area (Å²) in [5.74, 6) is 1.68. The van der Waals surface area contributed by atoms with E-state index in [1.165, 1.54) is 25.7 Å². The summed E-state index contributed by atoms with van der Waals surface area (Å²) in [7, 11) is 0. The number of aryl methyl sites for hydroxylation is 2. The lowest BCUT2D eigenvalue weighted by atomic mass is 10.2. The van der Waals surface area contributed by atoms with Gasteiger partial charge in [0, 0.05) is 37.9 Å². The van der Waals surface area contributed by atoms with E-state index in [-0.39, 0.29) is 5.78 Å². The molecule has 0 aliphatic rings. The maximum absolute atomic E-state index is 12.0. The predicted molar refractivity (Wildman–Crippen MR) is 116 cm³/mol. The van der Waals surface area contributed by atoms with Crippen molar-refractivity contribution in [1.29, 1.82) is 0 Å². The van der Waals surface area contributed by atoms with Gasteiger partial charge in [0.2, 0.25) is 0 Å². The third kappa shape index (κ3) is 7.51. The summed E-state index contributed by atoms with van der Waals surface area (Å²) in [6.45, 7) is 6.30. The molecule has 2 rings (SSSR count). The predicted octanol–water partition coefficient (Wildman–Crippen LogP) is 5.31. The van der Waals surface area contributed by atoms with E-state index in [4.69, 9.17) is 0 Å². The fourth-order valence-corrected chi connectivity index (χ4v) is 2.91. The van der Waals surface area contributed by atoms with Crippen LogP contribution in [0.15, 0.2) is 49.1 Å². The molecule has 0 radical (unpaired) electrons. The maximum atomic E-state index is 12.0. The van der Waals surface area contributed by atoms with Crippen LogP contribution in [0.3, 0.4) is 0 Å². The molecular weight excluding hydrogens is 348 g/mol. The summed E-state index contributed by atoms with van der Waals surface area (Å²) in [6.07, 6.45) is 25.1. The average molecular weight is 381 g/mol. The van der Waals surface area contributed by atoms with Crippen LogP contribution < -0.4 is 0 Å². The molecule has 0 unspecified atom stereocenters. The van der Waals surface area contributed by atoms with Crippen molar-refractivity contribution in [3.63, 3.8) is 0 Å². The van der Waals surface area contributed by atoms with E-state index in [9.17, 15) is 4.79 Å². The SMILES string of the molecule is CCCCCn1ccnc1/C=C/C=C/C(=O)/C=C/c1nccn1CCCCC. The van der Waals surface area contributed by atoms with E-state index in [0.29, 0.717) is 0 Å². The van der Waals surface area contributed by atoms with Gasteiger partial charge in [-0.2, -0.15) is 0 Å². The van der Waals surface area contributed by atoms with Crippen LogP contribution in [0.4, 0.5) is 0 Å². The second kappa shape index (κ2) is 12.7. The third-order valence-electron chi connectivity index (χ3n) is 4.51. The zero-order valence-electron chi connectivity index (χ0n) is 17.1. The number of ketones is 1. The van der Waals surface area contributed by atoms with E-state index < -0.39 is 0 Å². The van der Waals surface area contributed by atoms with Crippen molar-refractivity contribution in [1.82, 2.24) is 19.1 Å². The van der Waals surface area contributed by atoms with Gasteiger partial charge in [-0.1, -0.05) is 51.7 Å². The Morgan fingerprint density at radius 2 is 1.39 bits per heavy atom. The number of rotatable bonds is 13. The lowest BCUT2D eigenvalue weighted by Gasteiger charge is -2.03. The van der Waals surface area contributed by atoms with Gasteiger partial charge in [-0.25, -0.2) is 9.97 Å². The molecule has 0 bridgehead atoms. The first kappa shape index (κ1) is 21.6. The molecule has 0 saturated heterocycles. The molecule has 0 fully saturated rings. The average Bonchev–Trinajstić information content (AvgIpc) is 3.33. The van der Waals surface area contributed by atoms with Gasteiger partial charge in [0.25, 0.3) is 0 Å². The van der Waals surface area contributed by atoms with Crippen LogP contribution in [0.2, 0.25) is 0 Å². The minimum atomic E-state index is -0.0564. The topological polar surface area (TPSA) is 52.7 Å². The maximum Gasteiger partial charge on any atom is 0.178 e. The zero-order chi connectivity index (χ0) is 20.0. The van der Waals surface area contributed by atoms with Gasteiger partial charge in [0.15, 0.2) is 5.78 Å². The van der Waals surface area contributed by atoms with Gasteiger partial charge < -0.3 is 9.13 Å². The van der Waals surface area contributed by atoms with Crippen molar-refractivity contribution < 1.29 is 4.79 Å². The third-order valence-corrected chi connectivity index (χ3v) is 4.51. The Hall–Kier alpha value is -2.69. The number of nitrogens with zero attached hydrogens (tertiary/aromatic N) is 4. The monoisotopic (exact) mass is 380 g/mol. The van der Waals surface area contributed by atoms with Crippen LogP contribution in [-0.4, -0.2) is 24.9 Å². The van der Waals surface area contributed by atoms with Crippen LogP contribution >= 0.6 is 0 Å². The molecule has 5 heteroatoms. The highest BCUT2D eigenvalue weighted by molar-refractivity contribution is 6.01. The van der Waals surface area contributed by atoms with Gasteiger partial charge in [-0.3, -0.25) is 4.79 Å². The molecule has 150 valence electrons. The molecule has 28 heavy (non-hydrogen) atoms. The largest absolute Gasteiger partial charge is 0.331 e. The number of allylic oxidation sites excluding steroid dienone is 4. The first-order valence-corrected chi connectivity index (χ1v) is 10.3. The zero-order valence-corrected chi connectivity index (χ0v) is 17.1. The quantitative estimate of drug-likeness (QED) is 0.269. The lowest BCUT2D eigenvalue weighted by Crippen LogP contribution is -1.99. The summed E-state index contributed by atoms with van der Waals surface area (Å²) in [5.41, 5.74) is 0. The van der Waals surface area contributed by atoms with Crippen LogP contribution in [0.1, 0.15) is 64.0 Å². The minimum absolute atomic E-state index is 0.0564. The van der Waals surface area contributed by atoms with Crippen molar-refractivity contribution in [3.8, 4) is 0 Å². The van der Waals surface area contributed by atoms with Crippen LogP contribution in [0.25, 0.3) is 12.2 Å². The van der Waals surface area contributed by atoms with Crippen molar-refractivity contribution in [3.05, 3.63) is 60.7 Å². The highest BCUT2D eigenvalue weighted by Crippen LogP contribution is 2.06. The second-order valence-electron chi connectivity index (χ2n) is 6.83. The normalized spacial score (nSPS) is 12.1. The van der Waals surface area contributed by atoms with Crippen molar-refractivity contribution in [2.24, 2.45) is 0 Å². The van der Waals surface area contributed by atoms with Gasteiger partial charge in [-0.15, -0.1) is 0 Å². The number of aromatic nitrogens is 4. The van der Waals surface area contributed by atoms with Gasteiger partial charge in [0.1, 0.15) is 11.6 Å². The number of carbonyl (C=O) groups is 1. The molecule has 0 atom stereocenters. The van der Waals surface area contributed by atoms with E-state index in [2.05, 4.69) is 32.9 Å². The number of hydrogen-bond donors (Lipinski definition) is 0. The van der Waals surface area contributed by atoms with Crippen LogP contribution in [-0.2, 0) is 17.9 Å². The molecule has 2 aromatic rings. The number of hydrogen-bond acceptors (Lipinski definition) is 3. The number of unbranched alkanes of at least 4 members (excludes halogenated alkanes) is 4. The first-order chi connectivity index (χ1) is 13.7. The second-order valence-corrected chi connectivity index (χ2v) is 6.83. The summed E-state index contributed by atoms with van der Waals surface area (Å²) in [6, 6.07) is 0. The number of carbonyl (C=O) groups excluding carboxylic acids is 1. The fourth-order valence-electron chi connectivity index (χ4n) is 2.91. The smallest absolute Gasteiger partial charge is 0.178 e. The van der Waals surface area contributed by atoms with Crippen molar-refractivity contribution in [2.75, 3.05) is 0 Å². The van der Waals surface area contributed by atoms with Crippen molar-refractivity contribution in [2.45, 2.75) is 65.5 Å². The summed E-state index contributed by atoms with van der Waals surface area (Å²) < 4.78 is 4.22. The van der Waals surface area contributed by atoms with E-state index in [0.717, 1.165) is 37.6 Å². The molecule has 0 spiro atoms. The molecule has 0 aromatic carbocycles. The lowest BCUT2D eigenvalue weighted by molar-refractivity contribution is -0.110. The molecule has 0 aliphatic heterocycles. The summed E-state index contributed by atoms with van der Waals surface area (Å²) >= 11 is 0. The van der Waals surface area contributed by atoms with Crippen molar-refractivity contribution >= 4 is 17.9 Å². The van der Waals surface area contributed by atoms with Crippen LogP contribution in [0.5, 0.6) is 0 Å². The molecule has 0 aliphatic carbocycles. The minimum Gasteiger partial charge on any atom is -0.331 e. The van der Waals surface area contributed by atoms with E-state index in [1.54, 1.807) is 30.5 Å². The van der Waals surface area contributed by atoms with E-state index >= 15 is 0 Å². The Kier molecular flexibility index (Phi) is 9.76. The van der Waals surface area contributed by atoms with Gasteiger partial charge in [0.05, 0.1) is 0 Å². The summed E-state index contributed by atoms with van der Waals surface area (Å²) in [5, 5.41) is 0. The molecular formula is C23H32N4O. The Bertz CT molecular complexity index is 795. The van der Waals surface area contributed by atoms with E-state index in [1.807, 2.05) is 30.7 Å². The molecule has 0 N–H and O–H groups in total. The Balaban J connectivity index is 1.84. The molecule has 2 heterocycles. The molecule has 0 amide bonds. The standard InChI is InChI=1S/C23H32N4O/c1-3-5-9-17-26-19-15-24-22(26)12-8-7-11-21(28)13-14-23-25-16-20-27(23)18-10-6-4-2/h7-8,11-16,19-20H,3-6,9-10,17-18H2,1-2H3/b11-7+,12-8+,14-13+. The van der Waals surface area contributed by atoms with Gasteiger partial charge >= 0.3 is 0 Å². The van der Waals surface area contributed by atoms with Crippen LogP contribution in [0, 0.1) is 0 Å².